The van der Waals surface area contributed by atoms with Gasteiger partial charge in [-0.05, 0) is 52.2 Å². The molecule has 0 fully saturated rings. The van der Waals surface area contributed by atoms with Crippen molar-refractivity contribution in [2.45, 2.75) is 86.9 Å². The lowest BCUT2D eigenvalue weighted by Gasteiger charge is -2.38. The van der Waals surface area contributed by atoms with Crippen molar-refractivity contribution in [2.24, 2.45) is 0 Å². The summed E-state index contributed by atoms with van der Waals surface area (Å²) in [5.74, 6) is -0.345. The number of hydrogen-bond donors (Lipinski definition) is 0. The van der Waals surface area contributed by atoms with Crippen LogP contribution in [0.25, 0.3) is 0 Å². The zero-order valence-electron chi connectivity index (χ0n) is 15.7. The molecule has 0 aliphatic rings. The maximum Gasteiger partial charge on any atom is 0.332 e. The zero-order chi connectivity index (χ0) is 17.6. The highest BCUT2D eigenvalue weighted by molar-refractivity contribution is 6.87. The summed E-state index contributed by atoms with van der Waals surface area (Å²) in [6.45, 7) is 20.3. The quantitative estimate of drug-likeness (QED) is 0.264. The van der Waals surface area contributed by atoms with E-state index in [1.54, 1.807) is 6.92 Å². The van der Waals surface area contributed by atoms with Gasteiger partial charge in [0.05, 0.1) is 0 Å². The van der Waals surface area contributed by atoms with Crippen LogP contribution in [0.15, 0.2) is 12.2 Å². The van der Waals surface area contributed by atoms with Gasteiger partial charge in [0.15, 0.2) is 8.32 Å². The van der Waals surface area contributed by atoms with Gasteiger partial charge in [0.25, 0.3) is 0 Å². The lowest BCUT2D eigenvalue weighted by molar-refractivity contribution is -0.137. The van der Waals surface area contributed by atoms with Gasteiger partial charge >= 0.3 is 14.5 Å². The number of esters is 1. The fourth-order valence-electron chi connectivity index (χ4n) is 2.40. The molecule has 0 atom stereocenters. The van der Waals surface area contributed by atoms with Crippen LogP contribution in [0.3, 0.4) is 0 Å². The van der Waals surface area contributed by atoms with Gasteiger partial charge in [0.2, 0.25) is 8.32 Å². The molecule has 0 aromatic rings. The van der Waals surface area contributed by atoms with Crippen LogP contribution in [0, 0.1) is 0 Å². The molecule has 24 heavy (non-hydrogen) atoms. The van der Waals surface area contributed by atoms with Crippen LogP contribution >= 0.6 is 0 Å². The van der Waals surface area contributed by atoms with Gasteiger partial charge < -0.3 is 13.0 Å². The number of hydrogen-bond acceptors (Lipinski definition) is 4. The summed E-state index contributed by atoms with van der Waals surface area (Å²) in [4.78, 5) is 11.5. The molecule has 0 aromatic heterocycles. The molecule has 0 amide bonds. The molecular formula is C17H42O4Si3. The molecule has 0 saturated carbocycles. The Bertz CT molecular complexity index is 393. The van der Waals surface area contributed by atoms with Crippen molar-refractivity contribution in [1.29, 1.82) is 0 Å². The molecule has 0 N–H and O–H groups in total. The first-order valence-corrected chi connectivity index (χ1v) is 17.1. The average molecular weight is 395 g/mol. The van der Waals surface area contributed by atoms with Crippen LogP contribution in [0.4, 0.5) is 0 Å². The van der Waals surface area contributed by atoms with Crippen LogP contribution < -0.4 is 0 Å². The Balaban J connectivity index is -0.00000220. The van der Waals surface area contributed by atoms with Crippen LogP contribution in [0.2, 0.25) is 45.3 Å². The van der Waals surface area contributed by atoms with E-state index in [4.69, 9.17) is 13.0 Å². The number of ether oxygens (including phenoxy) is 1. The molecule has 0 saturated heterocycles. The minimum atomic E-state index is -2.21. The van der Waals surface area contributed by atoms with Gasteiger partial charge in [0.1, 0.15) is 6.23 Å². The largest absolute Gasteiger partial charge is 0.463 e. The molecule has 0 aliphatic heterocycles. The van der Waals surface area contributed by atoms with Gasteiger partial charge in [-0.25, -0.2) is 4.79 Å². The van der Waals surface area contributed by atoms with Gasteiger partial charge in [-0.15, -0.1) is 0 Å². The van der Waals surface area contributed by atoms with Gasteiger partial charge in [-0.2, -0.15) is 0 Å². The van der Waals surface area contributed by atoms with Crippen LogP contribution in [-0.4, -0.2) is 37.4 Å². The monoisotopic (exact) mass is 394 g/mol. The van der Waals surface area contributed by atoms with Crippen molar-refractivity contribution in [2.75, 3.05) is 6.23 Å². The summed E-state index contributed by atoms with van der Waals surface area (Å²) < 4.78 is 18.1. The van der Waals surface area contributed by atoms with Crippen molar-refractivity contribution in [3.05, 3.63) is 12.2 Å². The molecule has 146 valence electrons. The van der Waals surface area contributed by atoms with E-state index < -0.39 is 25.2 Å². The molecule has 0 heterocycles. The van der Waals surface area contributed by atoms with Gasteiger partial charge in [-0.3, -0.25) is 0 Å². The topological polar surface area (TPSA) is 44.8 Å². The molecule has 4 nitrogen and oxygen atoms in total. The first-order valence-electron chi connectivity index (χ1n) is 8.03. The molecule has 0 rings (SSSR count). The van der Waals surface area contributed by atoms with E-state index in [0.717, 1.165) is 6.04 Å². The molecule has 0 aliphatic carbocycles. The average Bonchev–Trinajstić information content (AvgIpc) is 2.30. The molecule has 0 spiro atoms. The number of rotatable bonds is 10. The van der Waals surface area contributed by atoms with E-state index in [2.05, 4.69) is 52.8 Å². The maximum absolute atomic E-state index is 11.5. The maximum atomic E-state index is 11.5. The summed E-state index contributed by atoms with van der Waals surface area (Å²) in [5, 5.41) is 0. The predicted octanol–water partition coefficient (Wildman–Crippen LogP) is 5.86. The second-order valence-corrected chi connectivity index (χ2v) is 19.8. The van der Waals surface area contributed by atoms with Crippen molar-refractivity contribution < 1.29 is 17.8 Å². The molecule has 7 heteroatoms. The standard InChI is InChI=1S/C15H34O4Si3.2CH4/c1-10-11-12-20(4,5)18-22(8,9)19-21(6,7)13-17-15(16)14(2)3;;/h2,10-13H2,1,3-9H3;2*1H4. The van der Waals surface area contributed by atoms with Crippen molar-refractivity contribution in [3.63, 3.8) is 0 Å². The summed E-state index contributed by atoms with van der Waals surface area (Å²) in [5.41, 5.74) is 0.422. The SMILES string of the molecule is C.C.C=C(C)C(=O)OC[Si](C)(C)O[Si](C)(C)O[Si](C)(C)CCCC. The third kappa shape index (κ3) is 13.1. The van der Waals surface area contributed by atoms with E-state index in [0.29, 0.717) is 11.8 Å². The molecule has 0 bridgehead atoms. The fourth-order valence-corrected chi connectivity index (χ4v) is 15.9. The summed E-state index contributed by atoms with van der Waals surface area (Å²) in [6.07, 6.45) is 2.75. The van der Waals surface area contributed by atoms with E-state index in [9.17, 15) is 4.79 Å². The number of carbonyl (C=O) groups is 1. The predicted molar refractivity (Wildman–Crippen MR) is 114 cm³/mol. The molecule has 0 radical (unpaired) electrons. The summed E-state index contributed by atoms with van der Waals surface area (Å²) in [7, 11) is -6.00. The fraction of sp³-hybridized carbons (Fsp3) is 0.824. The van der Waals surface area contributed by atoms with E-state index in [1.165, 1.54) is 12.8 Å². The Morgan fingerprint density at radius 1 is 0.958 bits per heavy atom. The van der Waals surface area contributed by atoms with Crippen LogP contribution in [-0.2, 0) is 17.8 Å². The second kappa shape index (κ2) is 11.4. The third-order valence-corrected chi connectivity index (χ3v) is 13.8. The van der Waals surface area contributed by atoms with E-state index in [-0.39, 0.29) is 20.8 Å². The lowest BCUT2D eigenvalue weighted by atomic mass is 10.4. The van der Waals surface area contributed by atoms with Gasteiger partial charge in [-0.1, -0.05) is 41.2 Å². The normalized spacial score (nSPS) is 12.0. The Kier molecular flexibility index (Phi) is 13.6. The minimum Gasteiger partial charge on any atom is -0.463 e. The number of carbonyl (C=O) groups excluding carboxylic acids is 1. The molecular weight excluding hydrogens is 352 g/mol. The highest BCUT2D eigenvalue weighted by Gasteiger charge is 2.40. The Morgan fingerprint density at radius 2 is 1.42 bits per heavy atom. The van der Waals surface area contributed by atoms with E-state index >= 15 is 0 Å². The highest BCUT2D eigenvalue weighted by Crippen LogP contribution is 2.24. The van der Waals surface area contributed by atoms with Crippen molar-refractivity contribution in [3.8, 4) is 0 Å². The van der Waals surface area contributed by atoms with E-state index in [1.807, 2.05) is 0 Å². The van der Waals surface area contributed by atoms with Crippen LogP contribution in [0.1, 0.15) is 41.5 Å². The Morgan fingerprint density at radius 3 is 1.83 bits per heavy atom. The van der Waals surface area contributed by atoms with Crippen molar-refractivity contribution >= 4 is 31.2 Å². The smallest absolute Gasteiger partial charge is 0.332 e. The first kappa shape index (κ1) is 28.6. The Labute approximate surface area is 154 Å². The zero-order valence-corrected chi connectivity index (χ0v) is 18.7. The summed E-state index contributed by atoms with van der Waals surface area (Å²) in [6, 6.07) is 1.16. The van der Waals surface area contributed by atoms with Crippen molar-refractivity contribution in [1.82, 2.24) is 0 Å². The minimum absolute atomic E-state index is 0. The molecule has 0 aromatic carbocycles. The second-order valence-electron chi connectivity index (χ2n) is 7.58. The third-order valence-electron chi connectivity index (χ3n) is 3.08. The van der Waals surface area contributed by atoms with Gasteiger partial charge in [0, 0.05) is 5.57 Å². The summed E-state index contributed by atoms with van der Waals surface area (Å²) >= 11 is 0. The van der Waals surface area contributed by atoms with Crippen LogP contribution in [0.5, 0.6) is 0 Å². The first-order chi connectivity index (χ1) is 9.80. The lowest BCUT2D eigenvalue weighted by Crippen LogP contribution is -2.54. The number of unbranched alkanes of at least 4 members (excludes halogenated alkanes) is 1. The highest BCUT2D eigenvalue weighted by atomic mass is 28.5. The Hall–Kier alpha value is -0.219. The molecule has 0 unspecified atom stereocenters.